The zero-order chi connectivity index (χ0) is 16.4. The molecule has 0 spiro atoms. The Balaban J connectivity index is 1.66. The Labute approximate surface area is 132 Å². The average Bonchev–Trinajstić information content (AvgIpc) is 2.90. The second-order valence-corrected chi connectivity index (χ2v) is 5.46. The maximum atomic E-state index is 13.6. The van der Waals surface area contributed by atoms with E-state index < -0.39 is 11.6 Å². The molecule has 3 rings (SSSR count). The molecule has 1 aromatic heterocycles. The van der Waals surface area contributed by atoms with E-state index in [9.17, 15) is 13.6 Å². The molecule has 0 fully saturated rings. The van der Waals surface area contributed by atoms with E-state index in [1.54, 1.807) is 0 Å². The molecule has 1 N–H and O–H groups in total. The van der Waals surface area contributed by atoms with Crippen molar-refractivity contribution in [1.29, 1.82) is 0 Å². The number of nitrogens with zero attached hydrogens (tertiary/aromatic N) is 1. The molecule has 3 nitrogen and oxygen atoms in total. The molecule has 0 unspecified atom stereocenters. The summed E-state index contributed by atoms with van der Waals surface area (Å²) in [5.74, 6) is -2.01. The lowest BCUT2D eigenvalue weighted by molar-refractivity contribution is -0.116. The van der Waals surface area contributed by atoms with Crippen LogP contribution in [0.15, 0.2) is 48.7 Å². The summed E-state index contributed by atoms with van der Waals surface area (Å²) in [7, 11) is 1.93. The highest BCUT2D eigenvalue weighted by atomic mass is 19.2. The fourth-order valence-corrected chi connectivity index (χ4v) is 2.55. The first-order chi connectivity index (χ1) is 11.0. The first-order valence-electron chi connectivity index (χ1n) is 7.32. The molecule has 23 heavy (non-hydrogen) atoms. The topological polar surface area (TPSA) is 34.0 Å². The Hall–Kier alpha value is -2.69. The number of fused-ring (bicyclic) bond motifs is 1. The Morgan fingerprint density at radius 2 is 2.00 bits per heavy atom. The number of hydrogen-bond acceptors (Lipinski definition) is 1. The van der Waals surface area contributed by atoms with Crippen molar-refractivity contribution in [3.63, 3.8) is 0 Å². The van der Waals surface area contributed by atoms with Crippen molar-refractivity contribution in [3.8, 4) is 0 Å². The molecule has 0 aliphatic rings. The third kappa shape index (κ3) is 3.23. The molecule has 2 aromatic carbocycles. The third-order valence-electron chi connectivity index (χ3n) is 3.82. The van der Waals surface area contributed by atoms with Crippen LogP contribution in [0.1, 0.15) is 12.0 Å². The van der Waals surface area contributed by atoms with Crippen molar-refractivity contribution in [3.05, 3.63) is 65.9 Å². The van der Waals surface area contributed by atoms with Gasteiger partial charge in [-0.15, -0.1) is 0 Å². The lowest BCUT2D eigenvalue weighted by Gasteiger charge is -2.07. The van der Waals surface area contributed by atoms with E-state index in [0.29, 0.717) is 5.69 Å². The normalized spacial score (nSPS) is 10.9. The molecule has 0 atom stereocenters. The van der Waals surface area contributed by atoms with Crippen molar-refractivity contribution < 1.29 is 13.6 Å². The molecule has 0 bridgehead atoms. The number of aromatic nitrogens is 1. The molecule has 1 amide bonds. The van der Waals surface area contributed by atoms with Gasteiger partial charge in [-0.25, -0.2) is 8.78 Å². The second kappa shape index (κ2) is 6.20. The van der Waals surface area contributed by atoms with Gasteiger partial charge in [0.2, 0.25) is 5.91 Å². The number of aryl methyl sites for hydroxylation is 2. The number of nitrogens with one attached hydrogen (secondary N) is 1. The van der Waals surface area contributed by atoms with Gasteiger partial charge in [0.05, 0.1) is 0 Å². The van der Waals surface area contributed by atoms with Crippen molar-refractivity contribution in [2.45, 2.75) is 12.8 Å². The van der Waals surface area contributed by atoms with Crippen molar-refractivity contribution in [2.24, 2.45) is 7.05 Å². The van der Waals surface area contributed by atoms with Gasteiger partial charge in [-0.3, -0.25) is 4.79 Å². The number of benzene rings is 2. The number of halogens is 2. The van der Waals surface area contributed by atoms with Gasteiger partial charge in [0.15, 0.2) is 11.6 Å². The van der Waals surface area contributed by atoms with Crippen LogP contribution < -0.4 is 5.32 Å². The van der Waals surface area contributed by atoms with E-state index in [4.69, 9.17) is 0 Å². The van der Waals surface area contributed by atoms with Gasteiger partial charge in [0, 0.05) is 30.9 Å². The lowest BCUT2D eigenvalue weighted by Crippen LogP contribution is -2.13. The van der Waals surface area contributed by atoms with Gasteiger partial charge in [0.25, 0.3) is 0 Å². The van der Waals surface area contributed by atoms with E-state index >= 15 is 0 Å². The summed E-state index contributed by atoms with van der Waals surface area (Å²) in [6, 6.07) is 11.6. The Kier molecular flexibility index (Phi) is 4.10. The van der Waals surface area contributed by atoms with Gasteiger partial charge in [0.1, 0.15) is 0 Å². The number of amides is 1. The van der Waals surface area contributed by atoms with Gasteiger partial charge >= 0.3 is 0 Å². The fourth-order valence-electron chi connectivity index (χ4n) is 2.55. The van der Waals surface area contributed by atoms with Crippen molar-refractivity contribution >= 4 is 22.5 Å². The molecule has 5 heteroatoms. The number of carbonyl (C=O) groups excluding carboxylic acids is 1. The van der Waals surface area contributed by atoms with E-state index in [1.807, 2.05) is 42.1 Å². The summed E-state index contributed by atoms with van der Waals surface area (Å²) < 4.78 is 28.6. The van der Waals surface area contributed by atoms with Crippen LogP contribution in [0.4, 0.5) is 14.5 Å². The smallest absolute Gasteiger partial charge is 0.224 e. The molecule has 0 saturated carbocycles. The van der Waals surface area contributed by atoms with Crippen LogP contribution in [0.3, 0.4) is 0 Å². The molecule has 0 radical (unpaired) electrons. The number of hydrogen-bond donors (Lipinski definition) is 1. The zero-order valence-electron chi connectivity index (χ0n) is 12.6. The summed E-state index contributed by atoms with van der Waals surface area (Å²) in [5.41, 5.74) is 1.90. The predicted molar refractivity (Wildman–Crippen MR) is 86.2 cm³/mol. The van der Waals surface area contributed by atoms with Gasteiger partial charge in [-0.05, 0) is 41.6 Å². The quantitative estimate of drug-likeness (QED) is 0.775. The predicted octanol–water partition coefficient (Wildman–Crippen LogP) is 4.03. The minimum Gasteiger partial charge on any atom is -0.350 e. The third-order valence-corrected chi connectivity index (χ3v) is 3.82. The van der Waals surface area contributed by atoms with E-state index in [2.05, 4.69) is 5.32 Å². The number of anilines is 1. The summed E-state index contributed by atoms with van der Waals surface area (Å²) in [4.78, 5) is 12.0. The highest BCUT2D eigenvalue weighted by molar-refractivity contribution is 5.93. The highest BCUT2D eigenvalue weighted by Crippen LogP contribution is 2.20. The van der Waals surface area contributed by atoms with Crippen molar-refractivity contribution in [1.82, 2.24) is 4.57 Å². The molecular weight excluding hydrogens is 298 g/mol. The van der Waals surface area contributed by atoms with E-state index in [-0.39, 0.29) is 24.3 Å². The first-order valence-corrected chi connectivity index (χ1v) is 7.32. The Bertz CT molecular complexity index is 871. The van der Waals surface area contributed by atoms with Gasteiger partial charge in [-0.1, -0.05) is 18.2 Å². The van der Waals surface area contributed by atoms with E-state index in [1.165, 1.54) is 12.1 Å². The van der Waals surface area contributed by atoms with Gasteiger partial charge in [-0.2, -0.15) is 0 Å². The van der Waals surface area contributed by atoms with Crippen molar-refractivity contribution in [2.75, 3.05) is 5.32 Å². The molecule has 118 valence electrons. The zero-order valence-corrected chi connectivity index (χ0v) is 12.6. The van der Waals surface area contributed by atoms with Crippen LogP contribution >= 0.6 is 0 Å². The summed E-state index contributed by atoms with van der Waals surface area (Å²) in [6.45, 7) is 0. The maximum Gasteiger partial charge on any atom is 0.224 e. The van der Waals surface area contributed by atoms with Crippen LogP contribution in [0.25, 0.3) is 10.9 Å². The minimum atomic E-state index is -0.892. The second-order valence-electron chi connectivity index (χ2n) is 5.46. The Morgan fingerprint density at radius 3 is 2.83 bits per heavy atom. The Morgan fingerprint density at radius 1 is 1.17 bits per heavy atom. The molecule has 1 heterocycles. The summed E-state index contributed by atoms with van der Waals surface area (Å²) in [6.07, 6.45) is 2.19. The maximum absolute atomic E-state index is 13.6. The van der Waals surface area contributed by atoms with Crippen LogP contribution in [0.5, 0.6) is 0 Å². The molecule has 3 aromatic rings. The molecular formula is C18H16F2N2O. The monoisotopic (exact) mass is 314 g/mol. The molecule has 0 aliphatic carbocycles. The number of carbonyl (C=O) groups is 1. The molecule has 0 saturated heterocycles. The number of rotatable bonds is 4. The standard InChI is InChI=1S/C18H16F2N2O/c1-22-10-9-12-5-7-14(11-16(12)22)21-17(23)8-6-13-3-2-4-15(19)18(13)20/h2-5,7,9-11H,6,8H2,1H3,(H,21,23). The largest absolute Gasteiger partial charge is 0.350 e. The molecule has 0 aliphatic heterocycles. The lowest BCUT2D eigenvalue weighted by atomic mass is 10.1. The summed E-state index contributed by atoms with van der Waals surface area (Å²) >= 11 is 0. The fraction of sp³-hybridized carbons (Fsp3) is 0.167. The highest BCUT2D eigenvalue weighted by Gasteiger charge is 2.10. The first kappa shape index (κ1) is 15.2. The minimum absolute atomic E-state index is 0.0888. The van der Waals surface area contributed by atoms with Crippen LogP contribution in [-0.4, -0.2) is 10.5 Å². The summed E-state index contributed by atoms with van der Waals surface area (Å²) in [5, 5.41) is 3.88. The average molecular weight is 314 g/mol. The SMILES string of the molecule is Cn1ccc2ccc(NC(=O)CCc3cccc(F)c3F)cc21. The van der Waals surface area contributed by atoms with Gasteiger partial charge < -0.3 is 9.88 Å². The van der Waals surface area contributed by atoms with Crippen LogP contribution in [0, 0.1) is 11.6 Å². The van der Waals surface area contributed by atoms with E-state index in [0.717, 1.165) is 17.0 Å². The van der Waals surface area contributed by atoms with Crippen LogP contribution in [-0.2, 0) is 18.3 Å². The van der Waals surface area contributed by atoms with Crippen LogP contribution in [0.2, 0.25) is 0 Å².